The number of carbonyl (C=O) groups is 3. The number of aryl methyl sites for hydroxylation is 3. The van der Waals surface area contributed by atoms with Gasteiger partial charge in [0.2, 0.25) is 5.91 Å². The summed E-state index contributed by atoms with van der Waals surface area (Å²) in [5.41, 5.74) is 4.41. The van der Waals surface area contributed by atoms with E-state index in [1.807, 2.05) is 93.6 Å². The molecule has 0 aliphatic carbocycles. The monoisotopic (exact) mass is 585 g/mol. The number of rotatable bonds is 12. The Morgan fingerprint density at radius 1 is 0.814 bits per heavy atom. The van der Waals surface area contributed by atoms with E-state index in [1.165, 1.54) is 0 Å². The zero-order valence-corrected chi connectivity index (χ0v) is 26.7. The number of alkyl carbamates (subject to hydrolysis) is 1. The van der Waals surface area contributed by atoms with Gasteiger partial charge in [-0.05, 0) is 75.8 Å². The highest BCUT2D eigenvalue weighted by molar-refractivity contribution is 6.00. The Labute approximate surface area is 257 Å². The summed E-state index contributed by atoms with van der Waals surface area (Å²) in [6.07, 6.45) is 2.14. The number of nitrogens with zero attached hydrogens (tertiary/aromatic N) is 1. The minimum Gasteiger partial charge on any atom is -0.444 e. The maximum Gasteiger partial charge on any atom is 0.408 e. The van der Waals surface area contributed by atoms with Crippen molar-refractivity contribution in [3.63, 3.8) is 0 Å². The predicted octanol–water partition coefficient (Wildman–Crippen LogP) is 7.45. The van der Waals surface area contributed by atoms with Gasteiger partial charge in [0.25, 0.3) is 5.91 Å². The maximum atomic E-state index is 14.6. The van der Waals surface area contributed by atoms with E-state index in [-0.39, 0.29) is 18.2 Å². The van der Waals surface area contributed by atoms with Crippen molar-refractivity contribution in [2.24, 2.45) is 0 Å². The molecule has 0 radical (unpaired) electrons. The first kappa shape index (κ1) is 33.4. The number of benzene rings is 3. The third kappa shape index (κ3) is 9.70. The number of nitrogens with one attached hydrogen (secondary N) is 2. The maximum absolute atomic E-state index is 14.6. The van der Waals surface area contributed by atoms with Crippen LogP contribution in [0.4, 0.5) is 10.5 Å². The van der Waals surface area contributed by atoms with Crippen molar-refractivity contribution in [3.8, 4) is 0 Å². The molecule has 2 unspecified atom stereocenters. The molecular weight excluding hydrogens is 538 g/mol. The molecule has 0 aliphatic rings. The van der Waals surface area contributed by atoms with Gasteiger partial charge in [-0.3, -0.25) is 9.59 Å². The molecule has 0 aromatic heterocycles. The van der Waals surface area contributed by atoms with Gasteiger partial charge >= 0.3 is 6.09 Å². The van der Waals surface area contributed by atoms with Gasteiger partial charge in [0.1, 0.15) is 17.7 Å². The normalized spacial score (nSPS) is 12.6. The Hall–Kier alpha value is -4.13. The van der Waals surface area contributed by atoms with Crippen LogP contribution in [0.25, 0.3) is 0 Å². The summed E-state index contributed by atoms with van der Waals surface area (Å²) in [7, 11) is 0. The first-order valence-electron chi connectivity index (χ1n) is 15.2. The average molecular weight is 586 g/mol. The van der Waals surface area contributed by atoms with Crippen LogP contribution in [0.1, 0.15) is 80.8 Å². The molecule has 0 heterocycles. The third-order valence-electron chi connectivity index (χ3n) is 7.33. The van der Waals surface area contributed by atoms with Crippen molar-refractivity contribution >= 4 is 23.6 Å². The van der Waals surface area contributed by atoms with Crippen molar-refractivity contribution in [1.29, 1.82) is 0 Å². The molecule has 3 rings (SSSR count). The third-order valence-corrected chi connectivity index (χ3v) is 7.33. The molecule has 0 aliphatic heterocycles. The smallest absolute Gasteiger partial charge is 0.408 e. The minimum atomic E-state index is -0.946. The number of hydrogen-bond donors (Lipinski definition) is 2. The molecule has 2 N–H and O–H groups in total. The lowest BCUT2D eigenvalue weighted by molar-refractivity contribution is -0.140. The highest BCUT2D eigenvalue weighted by atomic mass is 16.6. The summed E-state index contributed by atoms with van der Waals surface area (Å²) in [5.74, 6) is -0.636. The van der Waals surface area contributed by atoms with Crippen molar-refractivity contribution in [2.75, 3.05) is 11.9 Å². The second-order valence-electron chi connectivity index (χ2n) is 12.1. The standard InChI is InChI=1S/C36H47N3O4/c1-8-9-15-23-39(34(41)30(24-28-20-11-10-12-21-28)37-35(42)43-36(5,6)7)32(29-22-14-13-17-25(29)2)33(40)38-31-26(3)18-16-19-27(31)4/h10-14,16-22,30,32H,8-9,15,23-24H2,1-7H3,(H,37,42)(H,38,40). The minimum absolute atomic E-state index is 0.252. The fourth-order valence-electron chi connectivity index (χ4n) is 5.15. The van der Waals surface area contributed by atoms with Crippen LogP contribution in [-0.4, -0.2) is 41.0 Å². The zero-order chi connectivity index (χ0) is 31.6. The molecule has 0 saturated heterocycles. The van der Waals surface area contributed by atoms with E-state index in [1.54, 1.807) is 25.7 Å². The first-order chi connectivity index (χ1) is 20.4. The van der Waals surface area contributed by atoms with Gasteiger partial charge in [0, 0.05) is 18.7 Å². The number of unbranched alkanes of at least 4 members (excludes halogenated alkanes) is 2. The number of para-hydroxylation sites is 1. The molecule has 230 valence electrons. The molecule has 43 heavy (non-hydrogen) atoms. The Balaban J connectivity index is 2.10. The molecule has 3 aromatic carbocycles. The topological polar surface area (TPSA) is 87.7 Å². The number of anilines is 1. The molecular formula is C36H47N3O4. The van der Waals surface area contributed by atoms with Gasteiger partial charge in [0.15, 0.2) is 0 Å². The van der Waals surface area contributed by atoms with Crippen LogP contribution < -0.4 is 10.6 Å². The van der Waals surface area contributed by atoms with E-state index in [0.29, 0.717) is 13.0 Å². The lowest BCUT2D eigenvalue weighted by Gasteiger charge is -2.35. The van der Waals surface area contributed by atoms with Gasteiger partial charge < -0.3 is 20.3 Å². The second kappa shape index (κ2) is 15.4. The van der Waals surface area contributed by atoms with Crippen LogP contribution in [0, 0.1) is 20.8 Å². The second-order valence-corrected chi connectivity index (χ2v) is 12.1. The fourth-order valence-corrected chi connectivity index (χ4v) is 5.15. The van der Waals surface area contributed by atoms with E-state index in [2.05, 4.69) is 17.6 Å². The van der Waals surface area contributed by atoms with Crippen molar-refractivity contribution in [3.05, 3.63) is 101 Å². The molecule has 0 bridgehead atoms. The van der Waals surface area contributed by atoms with Crippen LogP contribution in [0.15, 0.2) is 72.8 Å². The van der Waals surface area contributed by atoms with E-state index < -0.39 is 23.8 Å². The molecule has 0 saturated carbocycles. The Kier molecular flexibility index (Phi) is 11.9. The number of ether oxygens (including phenoxy) is 1. The lowest BCUT2D eigenvalue weighted by atomic mass is 9.96. The van der Waals surface area contributed by atoms with E-state index in [4.69, 9.17) is 4.74 Å². The van der Waals surface area contributed by atoms with Gasteiger partial charge in [-0.1, -0.05) is 92.6 Å². The van der Waals surface area contributed by atoms with Crippen LogP contribution >= 0.6 is 0 Å². The van der Waals surface area contributed by atoms with E-state index >= 15 is 0 Å². The largest absolute Gasteiger partial charge is 0.444 e. The quantitative estimate of drug-likeness (QED) is 0.216. The molecule has 2 atom stereocenters. The number of amides is 3. The summed E-state index contributed by atoms with van der Waals surface area (Å²) < 4.78 is 5.55. The average Bonchev–Trinajstić information content (AvgIpc) is 2.94. The zero-order valence-electron chi connectivity index (χ0n) is 26.7. The van der Waals surface area contributed by atoms with Crippen molar-refractivity contribution < 1.29 is 19.1 Å². The highest BCUT2D eigenvalue weighted by Crippen LogP contribution is 2.29. The number of carbonyl (C=O) groups excluding carboxylic acids is 3. The molecule has 0 fully saturated rings. The van der Waals surface area contributed by atoms with Gasteiger partial charge in [-0.2, -0.15) is 0 Å². The SMILES string of the molecule is CCCCCN(C(=O)C(Cc1ccccc1)NC(=O)OC(C)(C)C)C(C(=O)Nc1c(C)cccc1C)c1ccccc1C. The summed E-state index contributed by atoms with van der Waals surface area (Å²) in [6.45, 7) is 13.7. The van der Waals surface area contributed by atoms with Crippen molar-refractivity contribution in [1.82, 2.24) is 10.2 Å². The summed E-state index contributed by atoms with van der Waals surface area (Å²) in [6, 6.07) is 21.2. The van der Waals surface area contributed by atoms with Gasteiger partial charge in [0.05, 0.1) is 0 Å². The van der Waals surface area contributed by atoms with Gasteiger partial charge in [-0.25, -0.2) is 4.79 Å². The van der Waals surface area contributed by atoms with Gasteiger partial charge in [-0.15, -0.1) is 0 Å². The summed E-state index contributed by atoms with van der Waals surface area (Å²) in [4.78, 5) is 43.6. The predicted molar refractivity (Wildman–Crippen MR) is 173 cm³/mol. The van der Waals surface area contributed by atoms with Crippen molar-refractivity contribution in [2.45, 2.75) is 91.8 Å². The number of hydrogen-bond acceptors (Lipinski definition) is 4. The van der Waals surface area contributed by atoms with E-state index in [0.717, 1.165) is 46.3 Å². The summed E-state index contributed by atoms with van der Waals surface area (Å²) in [5, 5.41) is 5.98. The molecule has 3 amide bonds. The molecule has 3 aromatic rings. The summed E-state index contributed by atoms with van der Waals surface area (Å²) >= 11 is 0. The Morgan fingerprint density at radius 3 is 2.02 bits per heavy atom. The molecule has 0 spiro atoms. The highest BCUT2D eigenvalue weighted by Gasteiger charge is 2.37. The van der Waals surface area contributed by atoms with Crippen LogP contribution in [0.5, 0.6) is 0 Å². The van der Waals surface area contributed by atoms with Crippen LogP contribution in [-0.2, 0) is 20.7 Å². The lowest BCUT2D eigenvalue weighted by Crippen LogP contribution is -2.53. The van der Waals surface area contributed by atoms with E-state index in [9.17, 15) is 14.4 Å². The Morgan fingerprint density at radius 2 is 1.42 bits per heavy atom. The molecule has 7 heteroatoms. The van der Waals surface area contributed by atoms with Crippen LogP contribution in [0.3, 0.4) is 0 Å². The molecule has 7 nitrogen and oxygen atoms in total. The fraction of sp³-hybridized carbons (Fsp3) is 0.417. The Bertz CT molecular complexity index is 1360. The first-order valence-corrected chi connectivity index (χ1v) is 15.2. The van der Waals surface area contributed by atoms with Crippen LogP contribution in [0.2, 0.25) is 0 Å².